The highest BCUT2D eigenvalue weighted by molar-refractivity contribution is 5.73. The van der Waals surface area contributed by atoms with Gasteiger partial charge in [0.1, 0.15) is 12.6 Å². The molecule has 1 atom stereocenters. The molecule has 3 heteroatoms. The van der Waals surface area contributed by atoms with Crippen LogP contribution in [-0.4, -0.2) is 23.5 Å². The number of carbonyl (C=O) groups is 2. The number of rotatable bonds is 7. The molecule has 0 bridgehead atoms. The minimum Gasteiger partial charge on any atom is -0.357 e. The largest absolute Gasteiger partial charge is 0.357 e. The minimum absolute atomic E-state index is 0.251. The Labute approximate surface area is 138 Å². The summed E-state index contributed by atoms with van der Waals surface area (Å²) < 4.78 is 0. The lowest BCUT2D eigenvalue weighted by molar-refractivity contribution is -0.112. The molecule has 2 aliphatic rings. The Bertz CT molecular complexity index is 602. The molecule has 1 unspecified atom stereocenters. The Kier molecular flexibility index (Phi) is 4.94. The fourth-order valence-corrected chi connectivity index (χ4v) is 4.02. The molecule has 0 aromatic heterocycles. The molecule has 23 heavy (non-hydrogen) atoms. The molecule has 1 heterocycles. The standard InChI is InChI=1S/C20H25NO2/c1-15-20-9-8-17(11-16-5-2-3-6-16)12-18(20)13-21(15)19(14-23)7-4-10-22/h8-10,12,14,16,19H,1-7,11,13H2. The molecule has 1 aromatic rings. The van der Waals surface area contributed by atoms with Crippen molar-refractivity contribution < 1.29 is 9.59 Å². The number of fused-ring (bicyclic) bond motifs is 1. The molecular weight excluding hydrogens is 286 g/mol. The SMILES string of the molecule is C=C1c2ccc(CC3CCCC3)cc2CN1C(C=O)CCC=O. The average molecular weight is 311 g/mol. The van der Waals surface area contributed by atoms with Gasteiger partial charge in [0.25, 0.3) is 0 Å². The predicted octanol–water partition coefficient (Wildman–Crippen LogP) is 3.75. The van der Waals surface area contributed by atoms with Gasteiger partial charge in [0.05, 0.1) is 6.04 Å². The van der Waals surface area contributed by atoms with Gasteiger partial charge in [-0.25, -0.2) is 0 Å². The van der Waals surface area contributed by atoms with Crippen LogP contribution in [0.5, 0.6) is 0 Å². The van der Waals surface area contributed by atoms with Crippen molar-refractivity contribution in [1.82, 2.24) is 4.90 Å². The number of nitrogens with zero attached hydrogens (tertiary/aromatic N) is 1. The van der Waals surface area contributed by atoms with Crippen LogP contribution in [0.15, 0.2) is 24.8 Å². The molecule has 1 aliphatic heterocycles. The van der Waals surface area contributed by atoms with E-state index in [0.717, 1.165) is 36.3 Å². The Balaban J connectivity index is 1.73. The topological polar surface area (TPSA) is 37.4 Å². The number of hydrogen-bond donors (Lipinski definition) is 0. The molecular formula is C20H25NO2. The first-order valence-electron chi connectivity index (χ1n) is 8.69. The Morgan fingerprint density at radius 1 is 1.26 bits per heavy atom. The van der Waals surface area contributed by atoms with Gasteiger partial charge in [0.15, 0.2) is 0 Å². The van der Waals surface area contributed by atoms with E-state index in [0.29, 0.717) is 12.8 Å². The monoisotopic (exact) mass is 311 g/mol. The normalized spacial score (nSPS) is 19.0. The second-order valence-corrected chi connectivity index (χ2v) is 6.87. The van der Waals surface area contributed by atoms with Crippen LogP contribution in [0.2, 0.25) is 0 Å². The molecule has 3 rings (SSSR count). The second-order valence-electron chi connectivity index (χ2n) is 6.87. The lowest BCUT2D eigenvalue weighted by Crippen LogP contribution is -2.31. The van der Waals surface area contributed by atoms with Crippen LogP contribution in [-0.2, 0) is 22.6 Å². The van der Waals surface area contributed by atoms with Gasteiger partial charge in [-0.3, -0.25) is 0 Å². The highest BCUT2D eigenvalue weighted by Crippen LogP contribution is 2.35. The van der Waals surface area contributed by atoms with Gasteiger partial charge in [0.2, 0.25) is 0 Å². The summed E-state index contributed by atoms with van der Waals surface area (Å²) in [4.78, 5) is 24.0. The number of aldehydes is 2. The maximum Gasteiger partial charge on any atom is 0.142 e. The molecule has 0 saturated heterocycles. The summed E-state index contributed by atoms with van der Waals surface area (Å²) in [5.41, 5.74) is 4.73. The molecule has 3 nitrogen and oxygen atoms in total. The highest BCUT2D eigenvalue weighted by Gasteiger charge is 2.28. The van der Waals surface area contributed by atoms with Gasteiger partial charge in [-0.1, -0.05) is 50.5 Å². The van der Waals surface area contributed by atoms with Crippen molar-refractivity contribution >= 4 is 18.3 Å². The number of benzene rings is 1. The fraction of sp³-hybridized carbons (Fsp3) is 0.500. The minimum atomic E-state index is -0.251. The number of hydrogen-bond acceptors (Lipinski definition) is 3. The van der Waals surface area contributed by atoms with Crippen molar-refractivity contribution in [3.8, 4) is 0 Å². The van der Waals surface area contributed by atoms with Crippen LogP contribution in [0, 0.1) is 5.92 Å². The van der Waals surface area contributed by atoms with E-state index in [4.69, 9.17) is 0 Å². The first kappa shape index (κ1) is 16.0. The summed E-state index contributed by atoms with van der Waals surface area (Å²) >= 11 is 0. The van der Waals surface area contributed by atoms with Crippen LogP contribution in [0.4, 0.5) is 0 Å². The summed E-state index contributed by atoms with van der Waals surface area (Å²) in [5.74, 6) is 0.837. The third kappa shape index (κ3) is 3.39. The van der Waals surface area contributed by atoms with Gasteiger partial charge in [0, 0.05) is 24.2 Å². The fourth-order valence-electron chi connectivity index (χ4n) is 4.02. The van der Waals surface area contributed by atoms with E-state index in [2.05, 4.69) is 24.8 Å². The van der Waals surface area contributed by atoms with Crippen molar-refractivity contribution in [1.29, 1.82) is 0 Å². The second kappa shape index (κ2) is 7.12. The third-order valence-corrected chi connectivity index (χ3v) is 5.30. The van der Waals surface area contributed by atoms with E-state index in [1.165, 1.54) is 43.2 Å². The third-order valence-electron chi connectivity index (χ3n) is 5.30. The summed E-state index contributed by atoms with van der Waals surface area (Å²) in [6.07, 6.45) is 9.43. The molecule has 122 valence electrons. The predicted molar refractivity (Wildman–Crippen MR) is 91.8 cm³/mol. The highest BCUT2D eigenvalue weighted by atomic mass is 16.1. The van der Waals surface area contributed by atoms with E-state index < -0.39 is 0 Å². The zero-order valence-corrected chi connectivity index (χ0v) is 13.7. The summed E-state index contributed by atoms with van der Waals surface area (Å²) in [6, 6.07) is 6.41. The Morgan fingerprint density at radius 3 is 2.74 bits per heavy atom. The summed E-state index contributed by atoms with van der Waals surface area (Å²) in [6.45, 7) is 4.90. The smallest absolute Gasteiger partial charge is 0.142 e. The van der Waals surface area contributed by atoms with Crippen LogP contribution in [0.25, 0.3) is 5.70 Å². The van der Waals surface area contributed by atoms with Gasteiger partial charge in [-0.05, 0) is 29.9 Å². The lowest BCUT2D eigenvalue weighted by atomic mass is 9.95. The number of carbonyl (C=O) groups excluding carboxylic acids is 2. The summed E-state index contributed by atoms with van der Waals surface area (Å²) in [5, 5.41) is 0. The van der Waals surface area contributed by atoms with Crippen LogP contribution in [0.3, 0.4) is 0 Å². The molecule has 1 aromatic carbocycles. The molecule has 0 spiro atoms. The first-order chi connectivity index (χ1) is 11.2. The van der Waals surface area contributed by atoms with E-state index >= 15 is 0 Å². The van der Waals surface area contributed by atoms with E-state index in [1.807, 2.05) is 4.90 Å². The van der Waals surface area contributed by atoms with Crippen molar-refractivity contribution in [2.75, 3.05) is 0 Å². The van der Waals surface area contributed by atoms with Crippen molar-refractivity contribution in [2.24, 2.45) is 5.92 Å². The molecule has 0 N–H and O–H groups in total. The van der Waals surface area contributed by atoms with Crippen LogP contribution >= 0.6 is 0 Å². The molecule has 0 radical (unpaired) electrons. The van der Waals surface area contributed by atoms with Crippen LogP contribution in [0.1, 0.15) is 55.2 Å². The lowest BCUT2D eigenvalue weighted by Gasteiger charge is -2.25. The van der Waals surface area contributed by atoms with Crippen molar-refractivity contribution in [2.45, 2.75) is 57.5 Å². The van der Waals surface area contributed by atoms with Gasteiger partial charge < -0.3 is 14.5 Å². The first-order valence-corrected chi connectivity index (χ1v) is 8.69. The van der Waals surface area contributed by atoms with Crippen molar-refractivity contribution in [3.63, 3.8) is 0 Å². The van der Waals surface area contributed by atoms with Crippen LogP contribution < -0.4 is 0 Å². The van der Waals surface area contributed by atoms with Gasteiger partial charge in [-0.15, -0.1) is 0 Å². The zero-order valence-electron chi connectivity index (χ0n) is 13.7. The maximum absolute atomic E-state index is 11.4. The quantitative estimate of drug-likeness (QED) is 0.720. The van der Waals surface area contributed by atoms with Crippen molar-refractivity contribution in [3.05, 3.63) is 41.5 Å². The maximum atomic E-state index is 11.4. The molecule has 0 amide bonds. The van der Waals surface area contributed by atoms with E-state index in [9.17, 15) is 9.59 Å². The Hall–Kier alpha value is -1.90. The van der Waals surface area contributed by atoms with E-state index in [-0.39, 0.29) is 6.04 Å². The van der Waals surface area contributed by atoms with E-state index in [1.54, 1.807) is 0 Å². The molecule has 1 fully saturated rings. The van der Waals surface area contributed by atoms with Gasteiger partial charge in [-0.2, -0.15) is 0 Å². The average Bonchev–Trinajstić information content (AvgIpc) is 3.17. The molecule has 1 saturated carbocycles. The zero-order chi connectivity index (χ0) is 16.2. The molecule has 1 aliphatic carbocycles. The Morgan fingerprint density at radius 2 is 2.04 bits per heavy atom. The van der Waals surface area contributed by atoms with Gasteiger partial charge >= 0.3 is 0 Å². The summed E-state index contributed by atoms with van der Waals surface area (Å²) in [7, 11) is 0.